The van der Waals surface area contributed by atoms with Gasteiger partial charge in [-0.25, -0.2) is 13.4 Å². The second-order valence-electron chi connectivity index (χ2n) is 7.56. The number of halogens is 1. The molecule has 1 saturated carbocycles. The lowest BCUT2D eigenvalue weighted by molar-refractivity contribution is -0.167. The number of aliphatic hydroxyl groups excluding tert-OH is 1. The summed E-state index contributed by atoms with van der Waals surface area (Å²) in [4.78, 5) is 7.96. The van der Waals surface area contributed by atoms with Crippen molar-refractivity contribution in [2.24, 2.45) is 0 Å². The van der Waals surface area contributed by atoms with Gasteiger partial charge >= 0.3 is 0 Å². The van der Waals surface area contributed by atoms with Gasteiger partial charge in [-0.05, 0) is 26.7 Å². The Kier molecular flexibility index (Phi) is 6.56. The number of nitrogens with one attached hydrogen (secondary N) is 1. The largest absolute Gasteiger partial charge is 0.394 e. The topological polar surface area (TPSA) is 146 Å². The minimum Gasteiger partial charge on any atom is -0.394 e. The number of sulfone groups is 1. The number of hydrogen-bond acceptors (Lipinski definition) is 10. The fourth-order valence-electron chi connectivity index (χ4n) is 3.65. The summed E-state index contributed by atoms with van der Waals surface area (Å²) in [6.07, 6.45) is -0.127. The molecule has 2 aliphatic rings. The minimum atomic E-state index is -3.68. The lowest BCUT2D eigenvalue weighted by Crippen LogP contribution is -2.35. The maximum absolute atomic E-state index is 12.4. The monoisotopic (exact) mass is 450 g/mol. The van der Waals surface area contributed by atoms with E-state index in [1.165, 1.54) is 0 Å². The van der Waals surface area contributed by atoms with Crippen LogP contribution in [0.2, 0.25) is 5.15 Å². The molecule has 0 aromatic carbocycles. The molecule has 1 aliphatic heterocycles. The molecule has 0 radical (unpaired) electrons. The minimum absolute atomic E-state index is 0.0524. The van der Waals surface area contributed by atoms with Crippen molar-refractivity contribution in [2.45, 2.75) is 68.9 Å². The third-order valence-electron chi connectivity index (χ3n) is 4.79. The maximum Gasteiger partial charge on any atom is 0.250 e. The van der Waals surface area contributed by atoms with Gasteiger partial charge < -0.3 is 30.4 Å². The summed E-state index contributed by atoms with van der Waals surface area (Å²) < 4.78 is 42.4. The van der Waals surface area contributed by atoms with Crippen molar-refractivity contribution in [3.8, 4) is 0 Å². The first kappa shape index (κ1) is 22.4. The van der Waals surface area contributed by atoms with Crippen LogP contribution in [0.25, 0.3) is 0 Å². The van der Waals surface area contributed by atoms with E-state index in [0.717, 1.165) is 0 Å². The molecule has 12 heteroatoms. The molecule has 1 saturated heterocycles. The maximum atomic E-state index is 12.4. The van der Waals surface area contributed by atoms with E-state index < -0.39 is 15.6 Å². The molecule has 10 nitrogen and oxygen atoms in total. The normalized spacial score (nSPS) is 28.4. The molecule has 1 aromatic rings. The number of aliphatic hydroxyl groups is 1. The molecule has 0 bridgehead atoms. The Morgan fingerprint density at radius 1 is 1.34 bits per heavy atom. The van der Waals surface area contributed by atoms with Crippen LogP contribution in [0, 0.1) is 0 Å². The molecule has 164 valence electrons. The van der Waals surface area contributed by atoms with E-state index >= 15 is 0 Å². The van der Waals surface area contributed by atoms with Crippen LogP contribution in [0.1, 0.15) is 33.6 Å². The highest BCUT2D eigenvalue weighted by molar-refractivity contribution is 7.91. The van der Waals surface area contributed by atoms with Crippen LogP contribution in [0.5, 0.6) is 0 Å². The van der Waals surface area contributed by atoms with Crippen molar-refractivity contribution in [3.63, 3.8) is 0 Å². The zero-order valence-corrected chi connectivity index (χ0v) is 18.2. The molecule has 0 amide bonds. The molecule has 4 atom stereocenters. The highest BCUT2D eigenvalue weighted by Gasteiger charge is 2.54. The Labute approximate surface area is 175 Å². The van der Waals surface area contributed by atoms with Crippen molar-refractivity contribution in [2.75, 3.05) is 30.0 Å². The van der Waals surface area contributed by atoms with E-state index in [0.29, 0.717) is 12.8 Å². The van der Waals surface area contributed by atoms with Crippen molar-refractivity contribution in [1.29, 1.82) is 0 Å². The molecule has 3 rings (SSSR count). The highest BCUT2D eigenvalue weighted by Crippen LogP contribution is 2.41. The van der Waals surface area contributed by atoms with Crippen LogP contribution in [0.15, 0.2) is 5.16 Å². The van der Waals surface area contributed by atoms with E-state index in [1.807, 2.05) is 0 Å². The third-order valence-corrected chi connectivity index (χ3v) is 6.76. The van der Waals surface area contributed by atoms with Gasteiger partial charge in [-0.1, -0.05) is 18.5 Å². The lowest BCUT2D eigenvalue weighted by atomic mass is 10.2. The zero-order chi connectivity index (χ0) is 21.4. The standard InChI is InChI=1S/C17H27ClN4O6S/c1-4-7-29(24,25)16-21-14(18)11(19)15(22-16)20-9-8-10(26-6-5-23)13-12(9)27-17(2,3)28-13/h9-10,12-13,23H,4-8,19H2,1-3H3,(H,20,21,22). The summed E-state index contributed by atoms with van der Waals surface area (Å²) >= 11 is 6.08. The smallest absolute Gasteiger partial charge is 0.250 e. The summed E-state index contributed by atoms with van der Waals surface area (Å²) in [5.41, 5.74) is 6.05. The summed E-state index contributed by atoms with van der Waals surface area (Å²) in [7, 11) is -3.68. The predicted octanol–water partition coefficient (Wildman–Crippen LogP) is 0.978. The van der Waals surface area contributed by atoms with Crippen LogP contribution < -0.4 is 11.1 Å². The van der Waals surface area contributed by atoms with Gasteiger partial charge in [0.15, 0.2) is 16.8 Å². The van der Waals surface area contributed by atoms with Gasteiger partial charge in [-0.15, -0.1) is 0 Å². The number of ether oxygens (including phenoxy) is 3. The summed E-state index contributed by atoms with van der Waals surface area (Å²) in [5, 5.41) is 11.7. The fraction of sp³-hybridized carbons (Fsp3) is 0.765. The van der Waals surface area contributed by atoms with Gasteiger partial charge in [-0.3, -0.25) is 0 Å². The average Bonchev–Trinajstić information content (AvgIpc) is 3.10. The first-order chi connectivity index (χ1) is 13.6. The van der Waals surface area contributed by atoms with Crippen LogP contribution in [0.4, 0.5) is 11.5 Å². The van der Waals surface area contributed by atoms with Crippen LogP contribution >= 0.6 is 11.6 Å². The average molecular weight is 451 g/mol. The van der Waals surface area contributed by atoms with Gasteiger partial charge in [0, 0.05) is 0 Å². The van der Waals surface area contributed by atoms with Gasteiger partial charge in [0.1, 0.15) is 17.9 Å². The molecule has 2 fully saturated rings. The van der Waals surface area contributed by atoms with Gasteiger partial charge in [-0.2, -0.15) is 4.98 Å². The summed E-state index contributed by atoms with van der Waals surface area (Å²) in [6, 6.07) is -0.319. The van der Waals surface area contributed by atoms with Gasteiger partial charge in [0.05, 0.1) is 31.1 Å². The van der Waals surface area contributed by atoms with Crippen LogP contribution in [0.3, 0.4) is 0 Å². The molecule has 0 spiro atoms. The Morgan fingerprint density at radius 2 is 2.03 bits per heavy atom. The van der Waals surface area contributed by atoms with E-state index in [-0.39, 0.29) is 65.1 Å². The SMILES string of the molecule is CCCS(=O)(=O)c1nc(Cl)c(N)c(NC2CC(OCCO)C3OC(C)(C)OC23)n1. The second kappa shape index (κ2) is 8.48. The molecule has 2 heterocycles. The molecule has 4 N–H and O–H groups in total. The number of hydrogen-bond donors (Lipinski definition) is 3. The van der Waals surface area contributed by atoms with Crippen LogP contribution in [-0.4, -0.2) is 72.6 Å². The van der Waals surface area contributed by atoms with Crippen molar-refractivity contribution >= 4 is 32.9 Å². The van der Waals surface area contributed by atoms with Crippen LogP contribution in [-0.2, 0) is 24.0 Å². The molecule has 29 heavy (non-hydrogen) atoms. The third kappa shape index (κ3) is 4.75. The Balaban J connectivity index is 1.87. The molecule has 4 unspecified atom stereocenters. The first-order valence-electron chi connectivity index (χ1n) is 9.48. The molecule has 1 aromatic heterocycles. The van der Waals surface area contributed by atoms with E-state index in [1.54, 1.807) is 20.8 Å². The Morgan fingerprint density at radius 3 is 2.69 bits per heavy atom. The van der Waals surface area contributed by atoms with Gasteiger partial charge in [0.2, 0.25) is 9.84 Å². The van der Waals surface area contributed by atoms with Crippen molar-refractivity contribution in [3.05, 3.63) is 5.15 Å². The number of nitrogens with two attached hydrogens (primary N) is 1. The Bertz CT molecular complexity index is 853. The first-order valence-corrected chi connectivity index (χ1v) is 11.5. The second-order valence-corrected chi connectivity index (χ2v) is 9.92. The number of aromatic nitrogens is 2. The molecular weight excluding hydrogens is 424 g/mol. The number of nitrogen functional groups attached to an aromatic ring is 1. The summed E-state index contributed by atoms with van der Waals surface area (Å²) in [5.74, 6) is -0.774. The number of nitrogens with zero attached hydrogens (tertiary/aromatic N) is 2. The van der Waals surface area contributed by atoms with Crippen molar-refractivity contribution in [1.82, 2.24) is 9.97 Å². The number of fused-ring (bicyclic) bond motifs is 1. The fourth-order valence-corrected chi connectivity index (χ4v) is 5.05. The highest BCUT2D eigenvalue weighted by atomic mass is 35.5. The predicted molar refractivity (Wildman–Crippen MR) is 106 cm³/mol. The van der Waals surface area contributed by atoms with E-state index in [2.05, 4.69) is 15.3 Å². The zero-order valence-electron chi connectivity index (χ0n) is 16.6. The van der Waals surface area contributed by atoms with E-state index in [9.17, 15) is 8.42 Å². The number of anilines is 2. The lowest BCUT2D eigenvalue weighted by Gasteiger charge is -2.24. The quantitative estimate of drug-likeness (QED) is 0.386. The van der Waals surface area contributed by atoms with Crippen molar-refractivity contribution < 1.29 is 27.7 Å². The summed E-state index contributed by atoms with van der Waals surface area (Å²) in [6.45, 7) is 5.42. The number of rotatable bonds is 8. The van der Waals surface area contributed by atoms with E-state index in [4.69, 9.17) is 36.7 Å². The molecule has 1 aliphatic carbocycles. The van der Waals surface area contributed by atoms with Gasteiger partial charge in [0.25, 0.3) is 5.16 Å². The Hall–Kier alpha value is -1.24. The molecular formula is C17H27ClN4O6S.